The summed E-state index contributed by atoms with van der Waals surface area (Å²) >= 11 is 13.5. The van der Waals surface area contributed by atoms with Gasteiger partial charge < -0.3 is 5.32 Å². The Bertz CT molecular complexity index is 590. The first-order valence-electron chi connectivity index (χ1n) is 5.68. The molecule has 19 heavy (non-hydrogen) atoms. The third-order valence-electron chi connectivity index (χ3n) is 2.56. The van der Waals surface area contributed by atoms with Crippen LogP contribution in [0.15, 0.2) is 29.6 Å². The normalized spacial score (nSPS) is 10.5. The minimum atomic E-state index is 0.641. The third kappa shape index (κ3) is 3.75. The number of nitrogens with zero attached hydrogens (tertiary/aromatic N) is 2. The average molecular weight is 314 g/mol. The van der Waals surface area contributed by atoms with Crippen LogP contribution in [0.5, 0.6) is 0 Å². The first-order chi connectivity index (χ1) is 9.10. The average Bonchev–Trinajstić information content (AvgIpc) is 2.39. The monoisotopic (exact) mass is 313 g/mol. The van der Waals surface area contributed by atoms with Crippen molar-refractivity contribution in [2.45, 2.75) is 17.8 Å². The van der Waals surface area contributed by atoms with E-state index in [0.29, 0.717) is 15.8 Å². The molecule has 0 aliphatic carbocycles. The minimum Gasteiger partial charge on any atom is -0.373 e. The van der Waals surface area contributed by atoms with Gasteiger partial charge >= 0.3 is 0 Å². The largest absolute Gasteiger partial charge is 0.373 e. The number of benzene rings is 1. The molecule has 0 aliphatic heterocycles. The predicted molar refractivity (Wildman–Crippen MR) is 82.3 cm³/mol. The second-order valence-electron chi connectivity index (χ2n) is 3.96. The fourth-order valence-corrected chi connectivity index (χ4v) is 2.90. The molecule has 100 valence electrons. The van der Waals surface area contributed by atoms with Crippen LogP contribution in [0.1, 0.15) is 11.1 Å². The molecule has 0 saturated carbocycles. The van der Waals surface area contributed by atoms with Crippen LogP contribution in [0.2, 0.25) is 10.0 Å². The van der Waals surface area contributed by atoms with Crippen molar-refractivity contribution in [3.05, 3.63) is 45.6 Å². The van der Waals surface area contributed by atoms with Crippen molar-refractivity contribution in [2.75, 3.05) is 12.4 Å². The summed E-state index contributed by atoms with van der Waals surface area (Å²) in [5, 5.41) is 5.08. The maximum absolute atomic E-state index is 6.13. The molecule has 6 heteroatoms. The van der Waals surface area contributed by atoms with Gasteiger partial charge in [-0.05, 0) is 24.6 Å². The molecule has 0 fully saturated rings. The summed E-state index contributed by atoms with van der Waals surface area (Å²) in [6.07, 6.45) is 1.81. The van der Waals surface area contributed by atoms with Crippen LogP contribution in [0.3, 0.4) is 0 Å². The summed E-state index contributed by atoms with van der Waals surface area (Å²) in [5.74, 6) is 1.56. The summed E-state index contributed by atoms with van der Waals surface area (Å²) in [5.41, 5.74) is 2.04. The minimum absolute atomic E-state index is 0.641. The Morgan fingerprint density at radius 3 is 2.79 bits per heavy atom. The van der Waals surface area contributed by atoms with Crippen molar-refractivity contribution >= 4 is 40.8 Å². The summed E-state index contributed by atoms with van der Waals surface area (Å²) in [4.78, 5) is 8.72. The Hall–Kier alpha value is -0.970. The lowest BCUT2D eigenvalue weighted by Crippen LogP contribution is -1.98. The Morgan fingerprint density at radius 2 is 2.11 bits per heavy atom. The number of nitrogens with one attached hydrogen (secondary N) is 1. The number of aryl methyl sites for hydroxylation is 1. The van der Waals surface area contributed by atoms with Crippen LogP contribution in [0.4, 0.5) is 5.82 Å². The Kier molecular flexibility index (Phi) is 4.91. The quantitative estimate of drug-likeness (QED) is 0.669. The zero-order chi connectivity index (χ0) is 13.8. The van der Waals surface area contributed by atoms with E-state index < -0.39 is 0 Å². The van der Waals surface area contributed by atoms with E-state index in [1.54, 1.807) is 17.8 Å². The van der Waals surface area contributed by atoms with Gasteiger partial charge in [0.15, 0.2) is 5.16 Å². The zero-order valence-electron chi connectivity index (χ0n) is 10.6. The zero-order valence-corrected chi connectivity index (χ0v) is 12.9. The molecule has 1 aromatic carbocycles. The van der Waals surface area contributed by atoms with Crippen molar-refractivity contribution < 1.29 is 0 Å². The predicted octanol–water partition coefficient (Wildman–Crippen LogP) is 4.43. The molecule has 1 aromatic heterocycles. The lowest BCUT2D eigenvalue weighted by Gasteiger charge is -2.07. The van der Waals surface area contributed by atoms with Crippen molar-refractivity contribution in [3.63, 3.8) is 0 Å². The molecule has 0 radical (unpaired) electrons. The summed E-state index contributed by atoms with van der Waals surface area (Å²) in [7, 11) is 1.85. The molecule has 2 rings (SSSR count). The number of halogens is 2. The lowest BCUT2D eigenvalue weighted by atomic mass is 10.2. The summed E-state index contributed by atoms with van der Waals surface area (Å²) in [6.45, 7) is 1.97. The van der Waals surface area contributed by atoms with E-state index in [1.807, 2.05) is 32.3 Å². The van der Waals surface area contributed by atoms with E-state index in [2.05, 4.69) is 15.3 Å². The number of anilines is 1. The molecule has 0 spiro atoms. The van der Waals surface area contributed by atoms with Gasteiger partial charge in [-0.2, -0.15) is 0 Å². The van der Waals surface area contributed by atoms with E-state index in [-0.39, 0.29) is 0 Å². The summed E-state index contributed by atoms with van der Waals surface area (Å²) in [6, 6.07) is 5.50. The molecule has 0 aliphatic rings. The third-order valence-corrected chi connectivity index (χ3v) is 4.06. The van der Waals surface area contributed by atoms with E-state index in [9.17, 15) is 0 Å². The molecular weight excluding hydrogens is 301 g/mol. The van der Waals surface area contributed by atoms with Gasteiger partial charge in [0.1, 0.15) is 5.82 Å². The topological polar surface area (TPSA) is 37.8 Å². The smallest absolute Gasteiger partial charge is 0.189 e. The maximum atomic E-state index is 6.13. The Morgan fingerprint density at radius 1 is 1.32 bits per heavy atom. The molecule has 3 nitrogen and oxygen atoms in total. The number of thioether (sulfide) groups is 1. The van der Waals surface area contributed by atoms with Gasteiger partial charge in [0.05, 0.1) is 0 Å². The maximum Gasteiger partial charge on any atom is 0.189 e. The van der Waals surface area contributed by atoms with Crippen LogP contribution in [-0.4, -0.2) is 17.0 Å². The van der Waals surface area contributed by atoms with E-state index in [1.165, 1.54) is 0 Å². The van der Waals surface area contributed by atoms with Crippen LogP contribution < -0.4 is 5.32 Å². The number of rotatable bonds is 4. The van der Waals surface area contributed by atoms with Crippen molar-refractivity contribution in [2.24, 2.45) is 0 Å². The van der Waals surface area contributed by atoms with E-state index >= 15 is 0 Å². The highest BCUT2D eigenvalue weighted by atomic mass is 35.5. The standard InChI is InChI=1S/C13H13Cl2N3S/c1-8-6-17-13(18-12(8)16-2)19-7-9-3-4-10(14)5-11(9)15/h3-6H,7H2,1-2H3,(H,16,17,18). The molecule has 1 heterocycles. The molecular formula is C13H13Cl2N3S. The van der Waals surface area contributed by atoms with Gasteiger partial charge in [-0.25, -0.2) is 9.97 Å². The van der Waals surface area contributed by atoms with E-state index in [4.69, 9.17) is 23.2 Å². The van der Waals surface area contributed by atoms with Gasteiger partial charge in [-0.1, -0.05) is 41.0 Å². The fraction of sp³-hybridized carbons (Fsp3) is 0.231. The lowest BCUT2D eigenvalue weighted by molar-refractivity contribution is 0.952. The summed E-state index contributed by atoms with van der Waals surface area (Å²) < 4.78 is 0. The number of hydrogen-bond donors (Lipinski definition) is 1. The Labute approximate surface area is 126 Å². The van der Waals surface area contributed by atoms with Crippen molar-refractivity contribution in [1.29, 1.82) is 0 Å². The van der Waals surface area contributed by atoms with Gasteiger partial charge in [-0.15, -0.1) is 0 Å². The van der Waals surface area contributed by atoms with Crippen LogP contribution in [0, 0.1) is 6.92 Å². The van der Waals surface area contributed by atoms with Gasteiger partial charge in [0.2, 0.25) is 0 Å². The van der Waals surface area contributed by atoms with Crippen LogP contribution >= 0.6 is 35.0 Å². The Balaban J connectivity index is 2.10. The number of hydrogen-bond acceptors (Lipinski definition) is 4. The van der Waals surface area contributed by atoms with E-state index in [0.717, 1.165) is 22.1 Å². The highest BCUT2D eigenvalue weighted by molar-refractivity contribution is 7.98. The SMILES string of the molecule is CNc1nc(SCc2ccc(Cl)cc2Cl)ncc1C. The molecule has 0 bridgehead atoms. The second-order valence-corrected chi connectivity index (χ2v) is 5.74. The molecule has 0 unspecified atom stereocenters. The molecule has 1 N–H and O–H groups in total. The highest BCUT2D eigenvalue weighted by Crippen LogP contribution is 2.27. The fourth-order valence-electron chi connectivity index (χ4n) is 1.53. The number of aromatic nitrogens is 2. The van der Waals surface area contributed by atoms with Gasteiger partial charge in [0.25, 0.3) is 0 Å². The first-order valence-corrected chi connectivity index (χ1v) is 7.42. The van der Waals surface area contributed by atoms with Crippen molar-refractivity contribution in [1.82, 2.24) is 9.97 Å². The highest BCUT2D eigenvalue weighted by Gasteiger charge is 2.06. The van der Waals surface area contributed by atoms with Crippen molar-refractivity contribution in [3.8, 4) is 0 Å². The molecule has 0 atom stereocenters. The van der Waals surface area contributed by atoms with Crippen LogP contribution in [-0.2, 0) is 5.75 Å². The molecule has 0 amide bonds. The molecule has 2 aromatic rings. The molecule has 0 saturated heterocycles. The first kappa shape index (κ1) is 14.4. The second kappa shape index (κ2) is 6.46. The van der Waals surface area contributed by atoms with Gasteiger partial charge in [0, 0.05) is 34.6 Å². The van der Waals surface area contributed by atoms with Gasteiger partial charge in [-0.3, -0.25) is 0 Å². The van der Waals surface area contributed by atoms with Crippen LogP contribution in [0.25, 0.3) is 0 Å².